The minimum atomic E-state index is 0.141. The molecule has 0 unspecified atom stereocenters. The Labute approximate surface area is 130 Å². The first-order valence-corrected chi connectivity index (χ1v) is 8.23. The van der Waals surface area contributed by atoms with E-state index in [1.807, 2.05) is 6.92 Å². The minimum Gasteiger partial charge on any atom is -0.338 e. The molecular weight excluding hydrogens is 282 g/mol. The van der Waals surface area contributed by atoms with Crippen LogP contribution in [0.15, 0.2) is 33.7 Å². The van der Waals surface area contributed by atoms with Crippen LogP contribution in [0.3, 0.4) is 0 Å². The van der Waals surface area contributed by atoms with E-state index in [-0.39, 0.29) is 5.54 Å². The minimum absolute atomic E-state index is 0.141. The van der Waals surface area contributed by atoms with Gasteiger partial charge in [0.25, 0.3) is 0 Å². The Morgan fingerprint density at radius 1 is 1.19 bits per heavy atom. The predicted octanol–water partition coefficient (Wildman–Crippen LogP) is 3.81. The van der Waals surface area contributed by atoms with Crippen LogP contribution in [-0.4, -0.2) is 15.7 Å². The lowest BCUT2D eigenvalue weighted by Crippen LogP contribution is -2.35. The summed E-state index contributed by atoms with van der Waals surface area (Å²) in [5, 5.41) is 7.39. The van der Waals surface area contributed by atoms with Crippen LogP contribution in [0.25, 0.3) is 0 Å². The number of aryl methyl sites for hydroxylation is 1. The first-order valence-electron chi connectivity index (χ1n) is 7.24. The number of hydrogen-bond acceptors (Lipinski definition) is 5. The average Bonchev–Trinajstić information content (AvgIpc) is 2.91. The van der Waals surface area contributed by atoms with Crippen LogP contribution < -0.4 is 5.32 Å². The zero-order valence-electron chi connectivity index (χ0n) is 13.1. The third-order valence-electron chi connectivity index (χ3n) is 2.93. The van der Waals surface area contributed by atoms with Crippen molar-refractivity contribution < 1.29 is 4.52 Å². The van der Waals surface area contributed by atoms with Gasteiger partial charge in [0.2, 0.25) is 5.89 Å². The molecule has 114 valence electrons. The van der Waals surface area contributed by atoms with Gasteiger partial charge in [-0.15, -0.1) is 11.8 Å². The Bertz CT molecular complexity index is 558. The van der Waals surface area contributed by atoms with Crippen LogP contribution in [-0.2, 0) is 18.7 Å². The standard InChI is InChI=1S/C16H23N3OS/c1-5-14-18-15(20-19-14)11-21-13-8-6-12(7-9-13)10-17-16(2,3)4/h6-9,17H,5,10-11H2,1-4H3. The zero-order chi connectivity index (χ0) is 15.3. The number of benzene rings is 1. The van der Waals surface area contributed by atoms with E-state index < -0.39 is 0 Å². The van der Waals surface area contributed by atoms with E-state index in [1.165, 1.54) is 10.5 Å². The molecule has 0 aliphatic carbocycles. The summed E-state index contributed by atoms with van der Waals surface area (Å²) in [5.41, 5.74) is 1.43. The summed E-state index contributed by atoms with van der Waals surface area (Å²) in [7, 11) is 0. The molecule has 2 rings (SSSR count). The van der Waals surface area contributed by atoms with E-state index in [2.05, 4.69) is 60.5 Å². The van der Waals surface area contributed by atoms with Crippen LogP contribution in [0.1, 0.15) is 45.0 Å². The molecule has 0 aliphatic heterocycles. The molecule has 0 spiro atoms. The Hall–Kier alpha value is -1.33. The van der Waals surface area contributed by atoms with E-state index in [0.717, 1.165) is 18.8 Å². The summed E-state index contributed by atoms with van der Waals surface area (Å²) in [4.78, 5) is 5.52. The summed E-state index contributed by atoms with van der Waals surface area (Å²) >= 11 is 1.71. The van der Waals surface area contributed by atoms with E-state index in [0.29, 0.717) is 11.6 Å². The Morgan fingerprint density at radius 3 is 2.48 bits per heavy atom. The smallest absolute Gasteiger partial charge is 0.237 e. The summed E-state index contributed by atoms with van der Waals surface area (Å²) in [5.74, 6) is 2.18. The second kappa shape index (κ2) is 7.09. The van der Waals surface area contributed by atoms with Crippen molar-refractivity contribution in [2.75, 3.05) is 0 Å². The van der Waals surface area contributed by atoms with Gasteiger partial charge in [-0.1, -0.05) is 24.2 Å². The average molecular weight is 305 g/mol. The second-order valence-corrected chi connectivity index (χ2v) is 7.04. The third kappa shape index (κ3) is 5.52. The van der Waals surface area contributed by atoms with Crippen LogP contribution in [0.2, 0.25) is 0 Å². The van der Waals surface area contributed by atoms with Crippen LogP contribution >= 0.6 is 11.8 Å². The number of thioether (sulfide) groups is 1. The highest BCUT2D eigenvalue weighted by atomic mass is 32.2. The molecule has 0 bridgehead atoms. The highest BCUT2D eigenvalue weighted by Gasteiger charge is 2.08. The molecule has 21 heavy (non-hydrogen) atoms. The first kappa shape index (κ1) is 16.0. The molecule has 2 aromatic rings. The molecule has 1 aromatic carbocycles. The monoisotopic (exact) mass is 305 g/mol. The third-order valence-corrected chi connectivity index (χ3v) is 3.93. The first-order chi connectivity index (χ1) is 9.96. The fraction of sp³-hybridized carbons (Fsp3) is 0.500. The molecule has 0 radical (unpaired) electrons. The molecule has 0 saturated heterocycles. The number of aromatic nitrogens is 2. The van der Waals surface area contributed by atoms with Crippen molar-refractivity contribution in [1.29, 1.82) is 0 Å². The number of nitrogens with one attached hydrogen (secondary N) is 1. The number of nitrogens with zero attached hydrogens (tertiary/aromatic N) is 2. The van der Waals surface area contributed by atoms with Crippen molar-refractivity contribution in [2.45, 2.75) is 56.8 Å². The van der Waals surface area contributed by atoms with Gasteiger partial charge in [-0.25, -0.2) is 0 Å². The Morgan fingerprint density at radius 2 is 1.90 bits per heavy atom. The maximum absolute atomic E-state index is 5.19. The molecule has 1 heterocycles. The van der Waals surface area contributed by atoms with Gasteiger partial charge in [0, 0.05) is 23.4 Å². The lowest BCUT2D eigenvalue weighted by Gasteiger charge is -2.20. The maximum atomic E-state index is 5.19. The molecule has 1 aromatic heterocycles. The molecule has 0 amide bonds. The molecule has 5 heteroatoms. The van der Waals surface area contributed by atoms with Gasteiger partial charge in [-0.3, -0.25) is 0 Å². The summed E-state index contributed by atoms with van der Waals surface area (Å²) in [6, 6.07) is 8.60. The molecule has 0 fully saturated rings. The van der Waals surface area contributed by atoms with Gasteiger partial charge >= 0.3 is 0 Å². The Balaban J connectivity index is 1.84. The van der Waals surface area contributed by atoms with Gasteiger partial charge in [0.05, 0.1) is 5.75 Å². The number of hydrogen-bond donors (Lipinski definition) is 1. The van der Waals surface area contributed by atoms with E-state index in [9.17, 15) is 0 Å². The van der Waals surface area contributed by atoms with Gasteiger partial charge < -0.3 is 9.84 Å². The van der Waals surface area contributed by atoms with Crippen molar-refractivity contribution >= 4 is 11.8 Å². The van der Waals surface area contributed by atoms with Gasteiger partial charge in [0.15, 0.2) is 5.82 Å². The molecule has 0 atom stereocenters. The molecule has 4 nitrogen and oxygen atoms in total. The molecule has 0 aliphatic rings. The van der Waals surface area contributed by atoms with Crippen molar-refractivity contribution in [1.82, 2.24) is 15.5 Å². The van der Waals surface area contributed by atoms with Gasteiger partial charge in [0.1, 0.15) is 0 Å². The highest BCUT2D eigenvalue weighted by Crippen LogP contribution is 2.22. The lowest BCUT2D eigenvalue weighted by molar-refractivity contribution is 0.385. The van der Waals surface area contributed by atoms with Gasteiger partial charge in [-0.2, -0.15) is 4.98 Å². The fourth-order valence-corrected chi connectivity index (χ4v) is 2.44. The van der Waals surface area contributed by atoms with Crippen molar-refractivity contribution in [3.63, 3.8) is 0 Å². The SMILES string of the molecule is CCc1noc(CSc2ccc(CNC(C)(C)C)cc2)n1. The summed E-state index contributed by atoms with van der Waals surface area (Å²) in [6.45, 7) is 9.43. The van der Waals surface area contributed by atoms with Crippen molar-refractivity contribution in [3.05, 3.63) is 41.5 Å². The number of rotatable bonds is 6. The van der Waals surface area contributed by atoms with E-state index in [1.54, 1.807) is 11.8 Å². The van der Waals surface area contributed by atoms with Crippen molar-refractivity contribution in [2.24, 2.45) is 0 Å². The largest absolute Gasteiger partial charge is 0.338 e. The normalized spacial score (nSPS) is 11.8. The quantitative estimate of drug-likeness (QED) is 0.822. The van der Waals surface area contributed by atoms with Crippen molar-refractivity contribution in [3.8, 4) is 0 Å². The summed E-state index contributed by atoms with van der Waals surface area (Å²) in [6.07, 6.45) is 0.809. The van der Waals surface area contributed by atoms with Crippen LogP contribution in [0.4, 0.5) is 0 Å². The fourth-order valence-electron chi connectivity index (χ4n) is 1.71. The topological polar surface area (TPSA) is 51.0 Å². The van der Waals surface area contributed by atoms with Gasteiger partial charge in [-0.05, 0) is 38.5 Å². The predicted molar refractivity (Wildman–Crippen MR) is 86.3 cm³/mol. The molecule has 0 saturated carbocycles. The molecular formula is C16H23N3OS. The maximum Gasteiger partial charge on any atom is 0.237 e. The molecule has 1 N–H and O–H groups in total. The lowest BCUT2D eigenvalue weighted by atomic mass is 10.1. The van der Waals surface area contributed by atoms with E-state index in [4.69, 9.17) is 4.52 Å². The summed E-state index contributed by atoms with van der Waals surface area (Å²) < 4.78 is 5.19. The highest BCUT2D eigenvalue weighted by molar-refractivity contribution is 7.98. The van der Waals surface area contributed by atoms with E-state index >= 15 is 0 Å². The zero-order valence-corrected chi connectivity index (χ0v) is 14.0. The Kier molecular flexibility index (Phi) is 5.42. The second-order valence-electron chi connectivity index (χ2n) is 5.99. The van der Waals surface area contributed by atoms with Crippen LogP contribution in [0, 0.1) is 0 Å². The van der Waals surface area contributed by atoms with Crippen LogP contribution in [0.5, 0.6) is 0 Å².